The average Bonchev–Trinajstić information content (AvgIpc) is 2.82. The monoisotopic (exact) mass is 237 g/mol. The minimum Gasteiger partial charge on any atom is -0.388 e. The second-order valence-electron chi connectivity index (χ2n) is 4.51. The van der Waals surface area contributed by atoms with Gasteiger partial charge in [0.1, 0.15) is 0 Å². The van der Waals surface area contributed by atoms with Gasteiger partial charge in [0.05, 0.1) is 6.10 Å². The number of hydrogen-bond donors (Lipinski definition) is 2. The summed E-state index contributed by atoms with van der Waals surface area (Å²) in [6.07, 6.45) is 0.151. The smallest absolute Gasteiger partial charge is 0.0844 e. The average molecular weight is 237 g/mol. The van der Waals surface area contributed by atoms with E-state index in [2.05, 4.69) is 17.1 Å². The van der Waals surface area contributed by atoms with Gasteiger partial charge in [-0.2, -0.15) is 0 Å². The number of aromatic nitrogens is 1. The first-order chi connectivity index (χ1) is 8.83. The van der Waals surface area contributed by atoms with Crippen molar-refractivity contribution in [2.24, 2.45) is 0 Å². The van der Waals surface area contributed by atoms with Gasteiger partial charge in [0.15, 0.2) is 0 Å². The second kappa shape index (κ2) is 4.67. The van der Waals surface area contributed by atoms with Gasteiger partial charge in [-0.25, -0.2) is 0 Å². The zero-order chi connectivity index (χ0) is 12.4. The molecule has 0 aliphatic rings. The fourth-order valence-electron chi connectivity index (χ4n) is 2.24. The third-order valence-electron chi connectivity index (χ3n) is 3.18. The van der Waals surface area contributed by atoms with Crippen molar-refractivity contribution in [3.8, 4) is 0 Å². The van der Waals surface area contributed by atoms with Crippen LogP contribution >= 0.6 is 0 Å². The normalized spacial score (nSPS) is 12.7. The second-order valence-corrected chi connectivity index (χ2v) is 4.51. The number of para-hydroxylation sites is 1. The Morgan fingerprint density at radius 1 is 0.944 bits per heavy atom. The van der Waals surface area contributed by atoms with Crippen LogP contribution in [0.4, 0.5) is 0 Å². The fraction of sp³-hybridized carbons (Fsp3) is 0.125. The predicted molar refractivity (Wildman–Crippen MR) is 73.4 cm³/mol. The van der Waals surface area contributed by atoms with Gasteiger partial charge in [-0.05, 0) is 23.1 Å². The summed E-state index contributed by atoms with van der Waals surface area (Å²) in [5, 5.41) is 11.4. The number of aromatic amines is 1. The first-order valence-electron chi connectivity index (χ1n) is 6.12. The SMILES string of the molecule is OC(Cc1cc2ccccc2[nH]1)c1ccccc1. The Balaban J connectivity index is 1.84. The molecule has 0 bridgehead atoms. The molecule has 2 nitrogen and oxygen atoms in total. The Morgan fingerprint density at radius 2 is 1.67 bits per heavy atom. The number of hydrogen-bond acceptors (Lipinski definition) is 1. The summed E-state index contributed by atoms with van der Waals surface area (Å²) < 4.78 is 0. The van der Waals surface area contributed by atoms with Crippen molar-refractivity contribution in [1.29, 1.82) is 0 Å². The van der Waals surface area contributed by atoms with E-state index < -0.39 is 6.10 Å². The molecule has 0 aliphatic carbocycles. The highest BCUT2D eigenvalue weighted by Crippen LogP contribution is 2.21. The first kappa shape index (κ1) is 11.1. The molecule has 0 aliphatic heterocycles. The Hall–Kier alpha value is -2.06. The van der Waals surface area contributed by atoms with Crippen molar-refractivity contribution in [1.82, 2.24) is 4.98 Å². The van der Waals surface area contributed by atoms with Crippen molar-refractivity contribution in [2.45, 2.75) is 12.5 Å². The molecule has 1 unspecified atom stereocenters. The largest absolute Gasteiger partial charge is 0.388 e. The third-order valence-corrected chi connectivity index (χ3v) is 3.18. The van der Waals surface area contributed by atoms with Gasteiger partial charge in [0.25, 0.3) is 0 Å². The lowest BCUT2D eigenvalue weighted by Crippen LogP contribution is -2.01. The maximum absolute atomic E-state index is 10.2. The number of benzene rings is 2. The zero-order valence-electron chi connectivity index (χ0n) is 10.0. The summed E-state index contributed by atoms with van der Waals surface area (Å²) in [5.41, 5.74) is 3.14. The van der Waals surface area contributed by atoms with Crippen molar-refractivity contribution in [3.63, 3.8) is 0 Å². The highest BCUT2D eigenvalue weighted by atomic mass is 16.3. The van der Waals surface area contributed by atoms with E-state index in [0.717, 1.165) is 16.8 Å². The van der Waals surface area contributed by atoms with Gasteiger partial charge in [-0.15, -0.1) is 0 Å². The third kappa shape index (κ3) is 2.15. The number of fused-ring (bicyclic) bond motifs is 1. The number of H-pyrrole nitrogens is 1. The molecular formula is C16H15NO. The van der Waals surface area contributed by atoms with Crippen LogP contribution in [0.3, 0.4) is 0 Å². The molecule has 0 fully saturated rings. The highest BCUT2D eigenvalue weighted by molar-refractivity contribution is 5.80. The van der Waals surface area contributed by atoms with Crippen LogP contribution in [0.2, 0.25) is 0 Å². The molecule has 90 valence electrons. The van der Waals surface area contributed by atoms with E-state index >= 15 is 0 Å². The molecule has 0 spiro atoms. The van der Waals surface area contributed by atoms with Gasteiger partial charge in [0, 0.05) is 17.6 Å². The van der Waals surface area contributed by atoms with E-state index in [9.17, 15) is 5.11 Å². The number of rotatable bonds is 3. The van der Waals surface area contributed by atoms with Crippen LogP contribution < -0.4 is 0 Å². The molecule has 3 rings (SSSR count). The molecule has 0 saturated carbocycles. The summed E-state index contributed by atoms with van der Waals surface area (Å²) in [4.78, 5) is 3.34. The molecule has 3 aromatic rings. The molecular weight excluding hydrogens is 222 g/mol. The number of aliphatic hydroxyl groups excluding tert-OH is 1. The van der Waals surface area contributed by atoms with Crippen LogP contribution in [0.1, 0.15) is 17.4 Å². The molecule has 0 radical (unpaired) electrons. The van der Waals surface area contributed by atoms with Crippen LogP contribution in [-0.4, -0.2) is 10.1 Å². The first-order valence-corrected chi connectivity index (χ1v) is 6.12. The maximum Gasteiger partial charge on any atom is 0.0844 e. The molecule has 1 aromatic heterocycles. The molecule has 2 N–H and O–H groups in total. The van der Waals surface area contributed by atoms with E-state index in [-0.39, 0.29) is 0 Å². The van der Waals surface area contributed by atoms with Gasteiger partial charge < -0.3 is 10.1 Å². The predicted octanol–water partition coefficient (Wildman–Crippen LogP) is 3.44. The van der Waals surface area contributed by atoms with Crippen molar-refractivity contribution in [2.75, 3.05) is 0 Å². The lowest BCUT2D eigenvalue weighted by molar-refractivity contribution is 0.177. The van der Waals surface area contributed by atoms with Crippen LogP contribution in [-0.2, 0) is 6.42 Å². The summed E-state index contributed by atoms with van der Waals surface area (Å²) in [6.45, 7) is 0. The Morgan fingerprint density at radius 3 is 2.44 bits per heavy atom. The van der Waals surface area contributed by atoms with E-state index in [4.69, 9.17) is 0 Å². The molecule has 1 heterocycles. The Bertz CT molecular complexity index is 609. The molecule has 2 aromatic carbocycles. The summed E-state index contributed by atoms with van der Waals surface area (Å²) >= 11 is 0. The van der Waals surface area contributed by atoms with Gasteiger partial charge >= 0.3 is 0 Å². The van der Waals surface area contributed by atoms with Crippen molar-refractivity contribution >= 4 is 10.9 Å². The molecule has 2 heteroatoms. The van der Waals surface area contributed by atoms with Crippen LogP contribution in [0, 0.1) is 0 Å². The highest BCUT2D eigenvalue weighted by Gasteiger charge is 2.09. The van der Waals surface area contributed by atoms with Crippen molar-refractivity contribution < 1.29 is 5.11 Å². The van der Waals surface area contributed by atoms with Gasteiger partial charge in [0.2, 0.25) is 0 Å². The lowest BCUT2D eigenvalue weighted by Gasteiger charge is -2.09. The Kier molecular flexibility index (Phi) is 2.87. The minimum atomic E-state index is -0.459. The summed E-state index contributed by atoms with van der Waals surface area (Å²) in [6, 6.07) is 20.0. The molecule has 1 atom stereocenters. The van der Waals surface area contributed by atoms with E-state index in [1.807, 2.05) is 48.5 Å². The number of nitrogens with one attached hydrogen (secondary N) is 1. The van der Waals surface area contributed by atoms with Crippen LogP contribution in [0.25, 0.3) is 10.9 Å². The standard InChI is InChI=1S/C16H15NO/c18-16(12-6-2-1-3-7-12)11-14-10-13-8-4-5-9-15(13)17-14/h1-10,16-18H,11H2. The maximum atomic E-state index is 10.2. The van der Waals surface area contributed by atoms with E-state index in [1.54, 1.807) is 0 Å². The minimum absolute atomic E-state index is 0.459. The topological polar surface area (TPSA) is 36.0 Å². The fourth-order valence-corrected chi connectivity index (χ4v) is 2.24. The molecule has 0 amide bonds. The number of aliphatic hydroxyl groups is 1. The van der Waals surface area contributed by atoms with Gasteiger partial charge in [-0.3, -0.25) is 0 Å². The quantitative estimate of drug-likeness (QED) is 0.719. The summed E-state index contributed by atoms with van der Waals surface area (Å²) in [7, 11) is 0. The van der Waals surface area contributed by atoms with Crippen LogP contribution in [0.15, 0.2) is 60.7 Å². The van der Waals surface area contributed by atoms with Crippen LogP contribution in [0.5, 0.6) is 0 Å². The lowest BCUT2D eigenvalue weighted by atomic mass is 10.1. The van der Waals surface area contributed by atoms with Crippen molar-refractivity contribution in [3.05, 3.63) is 71.9 Å². The summed E-state index contributed by atoms with van der Waals surface area (Å²) in [5.74, 6) is 0. The van der Waals surface area contributed by atoms with E-state index in [0.29, 0.717) is 6.42 Å². The zero-order valence-corrected chi connectivity index (χ0v) is 10.0. The Labute approximate surface area is 106 Å². The molecule has 18 heavy (non-hydrogen) atoms. The molecule has 0 saturated heterocycles. The van der Waals surface area contributed by atoms with E-state index in [1.165, 1.54) is 5.39 Å². The van der Waals surface area contributed by atoms with Gasteiger partial charge in [-0.1, -0.05) is 48.5 Å².